The lowest BCUT2D eigenvalue weighted by Gasteiger charge is -2.36. The first kappa shape index (κ1) is 20.7. The number of para-hydroxylation sites is 1. The Labute approximate surface area is 180 Å². The fraction of sp³-hybridized carbons (Fsp3) is 0.480. The molecule has 5 nitrogen and oxygen atoms in total. The van der Waals surface area contributed by atoms with Gasteiger partial charge < -0.3 is 15.5 Å². The summed E-state index contributed by atoms with van der Waals surface area (Å²) in [4.78, 5) is 17.5. The Hall–Kier alpha value is -2.53. The topological polar surface area (TPSA) is 47.6 Å². The molecule has 2 heterocycles. The van der Waals surface area contributed by atoms with Crippen LogP contribution in [0, 0.1) is 6.92 Å². The van der Waals surface area contributed by atoms with E-state index in [1.807, 2.05) is 6.07 Å². The van der Waals surface area contributed by atoms with Crippen molar-refractivity contribution >= 4 is 17.3 Å². The van der Waals surface area contributed by atoms with Crippen LogP contribution in [0.5, 0.6) is 0 Å². The molecule has 5 heteroatoms. The standard InChI is InChI=1S/C25H34N4O/c1-20-7-6-9-22(19-20)29-17-15-28(16-18-29)14-5-4-13-26-25(30)24-12-11-21-8-2-3-10-23(21)27-24/h2-3,6-10,19,24,27H,4-5,11-18H2,1H3,(H,26,30)/t24-/m0/s1. The molecule has 2 aromatic carbocycles. The number of rotatable bonds is 7. The number of benzene rings is 2. The van der Waals surface area contributed by atoms with Gasteiger partial charge >= 0.3 is 0 Å². The van der Waals surface area contributed by atoms with Crippen LogP contribution in [-0.2, 0) is 11.2 Å². The van der Waals surface area contributed by atoms with Crippen molar-refractivity contribution < 1.29 is 4.79 Å². The summed E-state index contributed by atoms with van der Waals surface area (Å²) in [5.74, 6) is 0.135. The van der Waals surface area contributed by atoms with Crippen molar-refractivity contribution in [1.82, 2.24) is 10.2 Å². The van der Waals surface area contributed by atoms with Crippen LogP contribution in [-0.4, -0.2) is 56.1 Å². The maximum Gasteiger partial charge on any atom is 0.242 e. The number of unbranched alkanes of at least 4 members (excludes halogenated alkanes) is 1. The zero-order valence-electron chi connectivity index (χ0n) is 18.1. The molecule has 0 radical (unpaired) electrons. The average Bonchev–Trinajstić information content (AvgIpc) is 2.79. The summed E-state index contributed by atoms with van der Waals surface area (Å²) in [5, 5.41) is 6.51. The van der Waals surface area contributed by atoms with Crippen LogP contribution >= 0.6 is 0 Å². The zero-order valence-corrected chi connectivity index (χ0v) is 18.1. The van der Waals surface area contributed by atoms with Gasteiger partial charge in [0.2, 0.25) is 5.91 Å². The fourth-order valence-corrected chi connectivity index (χ4v) is 4.49. The lowest BCUT2D eigenvalue weighted by molar-refractivity contribution is -0.122. The number of piperazine rings is 1. The molecule has 0 aliphatic carbocycles. The second kappa shape index (κ2) is 9.98. The molecule has 0 aromatic heterocycles. The third-order valence-electron chi connectivity index (χ3n) is 6.31. The number of carbonyl (C=O) groups is 1. The summed E-state index contributed by atoms with van der Waals surface area (Å²) in [6, 6.07) is 17.0. The Kier molecular flexibility index (Phi) is 6.90. The van der Waals surface area contributed by atoms with Gasteiger partial charge in [0.25, 0.3) is 0 Å². The van der Waals surface area contributed by atoms with E-state index in [9.17, 15) is 4.79 Å². The van der Waals surface area contributed by atoms with Gasteiger partial charge in [0.05, 0.1) is 0 Å². The predicted octanol–water partition coefficient (Wildman–Crippen LogP) is 3.44. The molecule has 160 valence electrons. The summed E-state index contributed by atoms with van der Waals surface area (Å²) in [7, 11) is 0. The van der Waals surface area contributed by atoms with Crippen molar-refractivity contribution in [2.24, 2.45) is 0 Å². The van der Waals surface area contributed by atoms with E-state index in [1.54, 1.807) is 0 Å². The highest BCUT2D eigenvalue weighted by atomic mass is 16.2. The minimum absolute atomic E-state index is 0.102. The number of aryl methyl sites for hydroxylation is 2. The molecule has 2 aromatic rings. The largest absolute Gasteiger partial charge is 0.373 e. The molecule has 1 atom stereocenters. The van der Waals surface area contributed by atoms with Gasteiger partial charge in [0.1, 0.15) is 6.04 Å². The maximum atomic E-state index is 12.5. The first-order chi connectivity index (χ1) is 14.7. The molecule has 1 saturated heterocycles. The van der Waals surface area contributed by atoms with Gasteiger partial charge in [0, 0.05) is 44.1 Å². The molecular weight excluding hydrogens is 372 g/mol. The zero-order chi connectivity index (χ0) is 20.8. The Balaban J connectivity index is 1.10. The summed E-state index contributed by atoms with van der Waals surface area (Å²) in [6.07, 6.45) is 4.00. The van der Waals surface area contributed by atoms with Gasteiger partial charge in [-0.25, -0.2) is 0 Å². The molecule has 0 spiro atoms. The number of amides is 1. The number of anilines is 2. The number of nitrogens with zero attached hydrogens (tertiary/aromatic N) is 2. The molecule has 30 heavy (non-hydrogen) atoms. The van der Waals surface area contributed by atoms with Crippen LogP contribution in [0.15, 0.2) is 48.5 Å². The van der Waals surface area contributed by atoms with Gasteiger partial charge in [-0.2, -0.15) is 0 Å². The molecule has 2 aliphatic rings. The minimum Gasteiger partial charge on any atom is -0.373 e. The molecular formula is C25H34N4O. The van der Waals surface area contributed by atoms with Crippen LogP contribution in [0.3, 0.4) is 0 Å². The smallest absolute Gasteiger partial charge is 0.242 e. The van der Waals surface area contributed by atoms with Crippen LogP contribution in [0.2, 0.25) is 0 Å². The molecule has 0 unspecified atom stereocenters. The molecule has 0 bridgehead atoms. The van der Waals surface area contributed by atoms with Crippen molar-refractivity contribution in [1.29, 1.82) is 0 Å². The summed E-state index contributed by atoms with van der Waals surface area (Å²) in [5.41, 5.74) is 5.08. The first-order valence-corrected chi connectivity index (χ1v) is 11.4. The number of fused-ring (bicyclic) bond motifs is 1. The van der Waals surface area contributed by atoms with E-state index in [2.05, 4.69) is 69.8 Å². The first-order valence-electron chi connectivity index (χ1n) is 11.4. The normalized spacial score (nSPS) is 19.1. The van der Waals surface area contributed by atoms with Crippen LogP contribution < -0.4 is 15.5 Å². The van der Waals surface area contributed by atoms with E-state index in [0.29, 0.717) is 0 Å². The number of hydrogen-bond donors (Lipinski definition) is 2. The Bertz CT molecular complexity index is 845. The van der Waals surface area contributed by atoms with Crippen LogP contribution in [0.25, 0.3) is 0 Å². The highest BCUT2D eigenvalue weighted by Gasteiger charge is 2.23. The Morgan fingerprint density at radius 1 is 1.07 bits per heavy atom. The SMILES string of the molecule is Cc1cccc(N2CCN(CCCCNC(=O)[C@@H]3CCc4ccccc4N3)CC2)c1. The number of carbonyl (C=O) groups excluding carboxylic acids is 1. The fourth-order valence-electron chi connectivity index (χ4n) is 4.49. The summed E-state index contributed by atoms with van der Waals surface area (Å²) < 4.78 is 0. The van der Waals surface area contributed by atoms with Crippen LogP contribution in [0.1, 0.15) is 30.4 Å². The lowest BCUT2D eigenvalue weighted by Crippen LogP contribution is -2.46. The van der Waals surface area contributed by atoms with Crippen molar-refractivity contribution in [3.05, 3.63) is 59.7 Å². The third-order valence-corrected chi connectivity index (χ3v) is 6.31. The quantitative estimate of drug-likeness (QED) is 0.692. The van der Waals surface area contributed by atoms with Gasteiger partial charge in [-0.15, -0.1) is 0 Å². The number of nitrogens with one attached hydrogen (secondary N) is 2. The van der Waals surface area contributed by atoms with E-state index in [-0.39, 0.29) is 11.9 Å². The predicted molar refractivity (Wildman–Crippen MR) is 124 cm³/mol. The minimum atomic E-state index is -0.102. The van der Waals surface area contributed by atoms with Gasteiger partial charge in [-0.1, -0.05) is 30.3 Å². The molecule has 1 amide bonds. The Morgan fingerprint density at radius 3 is 2.73 bits per heavy atom. The molecule has 2 aliphatic heterocycles. The molecule has 0 saturated carbocycles. The maximum absolute atomic E-state index is 12.5. The van der Waals surface area contributed by atoms with E-state index in [0.717, 1.165) is 70.6 Å². The van der Waals surface area contributed by atoms with Crippen molar-refractivity contribution in [2.75, 3.05) is 49.5 Å². The summed E-state index contributed by atoms with van der Waals surface area (Å²) >= 11 is 0. The van der Waals surface area contributed by atoms with Gasteiger partial charge in [-0.05, 0) is 68.5 Å². The second-order valence-electron chi connectivity index (χ2n) is 8.56. The van der Waals surface area contributed by atoms with E-state index >= 15 is 0 Å². The van der Waals surface area contributed by atoms with Crippen molar-refractivity contribution in [3.63, 3.8) is 0 Å². The summed E-state index contributed by atoms with van der Waals surface area (Å²) in [6.45, 7) is 8.46. The molecule has 4 rings (SSSR count). The van der Waals surface area contributed by atoms with Gasteiger partial charge in [0.15, 0.2) is 0 Å². The Morgan fingerprint density at radius 2 is 1.90 bits per heavy atom. The molecule has 1 fully saturated rings. The lowest BCUT2D eigenvalue weighted by atomic mass is 9.98. The van der Waals surface area contributed by atoms with E-state index in [4.69, 9.17) is 0 Å². The van der Waals surface area contributed by atoms with E-state index < -0.39 is 0 Å². The highest BCUT2D eigenvalue weighted by Crippen LogP contribution is 2.24. The monoisotopic (exact) mass is 406 g/mol. The van der Waals surface area contributed by atoms with Crippen molar-refractivity contribution in [2.45, 2.75) is 38.6 Å². The van der Waals surface area contributed by atoms with Crippen molar-refractivity contribution in [3.8, 4) is 0 Å². The number of hydrogen-bond acceptors (Lipinski definition) is 4. The second-order valence-corrected chi connectivity index (χ2v) is 8.56. The van der Waals surface area contributed by atoms with E-state index in [1.165, 1.54) is 16.8 Å². The van der Waals surface area contributed by atoms with Crippen LogP contribution in [0.4, 0.5) is 11.4 Å². The highest BCUT2D eigenvalue weighted by molar-refractivity contribution is 5.85. The van der Waals surface area contributed by atoms with Gasteiger partial charge in [-0.3, -0.25) is 9.69 Å². The average molecular weight is 407 g/mol. The molecule has 2 N–H and O–H groups in total. The third kappa shape index (κ3) is 5.33.